The van der Waals surface area contributed by atoms with Gasteiger partial charge in [0.25, 0.3) is 0 Å². The molecular formula is C10H7ClF2N4O. The molecule has 94 valence electrons. The van der Waals surface area contributed by atoms with Crippen molar-refractivity contribution in [2.45, 2.75) is 6.61 Å². The van der Waals surface area contributed by atoms with Gasteiger partial charge in [-0.25, -0.2) is 0 Å². The molecule has 0 aliphatic carbocycles. The Balaban J connectivity index is 2.38. The molecule has 2 aromatic rings. The SMILES string of the molecule is Nc1nc(Cl)nc(-c2cccc(OC(F)F)c2)n1. The van der Waals surface area contributed by atoms with Crippen molar-refractivity contribution in [3.05, 3.63) is 29.5 Å². The van der Waals surface area contributed by atoms with Crippen molar-refractivity contribution in [2.75, 3.05) is 5.73 Å². The molecule has 8 heteroatoms. The van der Waals surface area contributed by atoms with Crippen LogP contribution in [0.1, 0.15) is 0 Å². The lowest BCUT2D eigenvalue weighted by Crippen LogP contribution is -2.03. The van der Waals surface area contributed by atoms with Gasteiger partial charge in [-0.1, -0.05) is 12.1 Å². The van der Waals surface area contributed by atoms with Crippen molar-refractivity contribution < 1.29 is 13.5 Å². The first-order valence-electron chi connectivity index (χ1n) is 4.77. The van der Waals surface area contributed by atoms with Gasteiger partial charge < -0.3 is 10.5 Å². The smallest absolute Gasteiger partial charge is 0.387 e. The topological polar surface area (TPSA) is 73.9 Å². The van der Waals surface area contributed by atoms with Gasteiger partial charge in [-0.2, -0.15) is 23.7 Å². The van der Waals surface area contributed by atoms with E-state index in [4.69, 9.17) is 17.3 Å². The summed E-state index contributed by atoms with van der Waals surface area (Å²) >= 11 is 5.63. The van der Waals surface area contributed by atoms with Crippen molar-refractivity contribution >= 4 is 17.5 Å². The summed E-state index contributed by atoms with van der Waals surface area (Å²) in [5, 5.41) is -0.0716. The molecule has 0 bridgehead atoms. The van der Waals surface area contributed by atoms with Gasteiger partial charge in [0.05, 0.1) is 0 Å². The first-order valence-corrected chi connectivity index (χ1v) is 5.14. The molecular weight excluding hydrogens is 266 g/mol. The maximum atomic E-state index is 12.1. The maximum absolute atomic E-state index is 12.1. The van der Waals surface area contributed by atoms with Gasteiger partial charge in [0, 0.05) is 5.56 Å². The minimum Gasteiger partial charge on any atom is -0.435 e. The molecule has 5 nitrogen and oxygen atoms in total. The Bertz CT molecular complexity index is 547. The number of alkyl halides is 2. The summed E-state index contributed by atoms with van der Waals surface area (Å²) in [5.74, 6) is 0.134. The third-order valence-electron chi connectivity index (χ3n) is 1.94. The van der Waals surface area contributed by atoms with Crippen LogP contribution in [0.2, 0.25) is 5.28 Å². The number of benzene rings is 1. The van der Waals surface area contributed by atoms with Crippen LogP contribution in [0.15, 0.2) is 24.3 Å². The average Bonchev–Trinajstić information content (AvgIpc) is 2.27. The Hall–Kier alpha value is -2.02. The highest BCUT2D eigenvalue weighted by molar-refractivity contribution is 6.28. The van der Waals surface area contributed by atoms with E-state index in [1.54, 1.807) is 6.07 Å². The molecule has 0 fully saturated rings. The second-order valence-electron chi connectivity index (χ2n) is 3.19. The fourth-order valence-corrected chi connectivity index (χ4v) is 1.47. The van der Waals surface area contributed by atoms with Crippen molar-refractivity contribution in [3.8, 4) is 17.1 Å². The number of hydrogen-bond acceptors (Lipinski definition) is 5. The fourth-order valence-electron chi connectivity index (χ4n) is 1.31. The lowest BCUT2D eigenvalue weighted by molar-refractivity contribution is -0.0498. The maximum Gasteiger partial charge on any atom is 0.387 e. The van der Waals surface area contributed by atoms with Crippen molar-refractivity contribution in [1.82, 2.24) is 15.0 Å². The molecule has 0 radical (unpaired) electrons. The highest BCUT2D eigenvalue weighted by atomic mass is 35.5. The van der Waals surface area contributed by atoms with E-state index >= 15 is 0 Å². The number of hydrogen-bond donors (Lipinski definition) is 1. The highest BCUT2D eigenvalue weighted by Gasteiger charge is 2.09. The average molecular weight is 273 g/mol. The zero-order valence-corrected chi connectivity index (χ0v) is 9.60. The van der Waals surface area contributed by atoms with Crippen LogP contribution in [-0.4, -0.2) is 21.6 Å². The van der Waals surface area contributed by atoms with E-state index in [-0.39, 0.29) is 22.8 Å². The molecule has 1 heterocycles. The molecule has 0 amide bonds. The lowest BCUT2D eigenvalue weighted by atomic mass is 10.2. The van der Waals surface area contributed by atoms with Crippen molar-refractivity contribution in [1.29, 1.82) is 0 Å². The van der Waals surface area contributed by atoms with E-state index < -0.39 is 6.61 Å². The van der Waals surface area contributed by atoms with Gasteiger partial charge in [-0.3, -0.25) is 0 Å². The highest BCUT2D eigenvalue weighted by Crippen LogP contribution is 2.23. The first-order chi connectivity index (χ1) is 8.54. The third-order valence-corrected chi connectivity index (χ3v) is 2.11. The number of nitrogen functional groups attached to an aromatic ring is 1. The molecule has 0 aliphatic heterocycles. The molecule has 18 heavy (non-hydrogen) atoms. The van der Waals surface area contributed by atoms with Crippen molar-refractivity contribution in [2.24, 2.45) is 0 Å². The Kier molecular flexibility index (Phi) is 3.52. The van der Waals surface area contributed by atoms with Crippen LogP contribution in [0, 0.1) is 0 Å². The van der Waals surface area contributed by atoms with Gasteiger partial charge in [0.2, 0.25) is 11.2 Å². The Morgan fingerprint density at radius 3 is 2.67 bits per heavy atom. The molecule has 0 aliphatic rings. The minimum atomic E-state index is -2.90. The van der Waals surface area contributed by atoms with Gasteiger partial charge in [-0.05, 0) is 23.7 Å². The van der Waals surface area contributed by atoms with Crippen LogP contribution in [-0.2, 0) is 0 Å². The summed E-state index contributed by atoms with van der Waals surface area (Å²) in [6, 6.07) is 5.89. The number of halogens is 3. The first kappa shape index (κ1) is 12.4. The standard InChI is InChI=1S/C10H7ClF2N4O/c11-8-15-7(16-10(14)17-8)5-2-1-3-6(4-5)18-9(12)13/h1-4,9H,(H2,14,15,16,17). The predicted molar refractivity (Wildman–Crippen MR) is 61.3 cm³/mol. The zero-order valence-electron chi connectivity index (χ0n) is 8.85. The summed E-state index contributed by atoms with van der Waals surface area (Å²) in [6.07, 6.45) is 0. The normalized spacial score (nSPS) is 10.7. The van der Waals surface area contributed by atoms with Crippen LogP contribution in [0.25, 0.3) is 11.4 Å². The molecule has 0 saturated heterocycles. The molecule has 0 spiro atoms. The van der Waals surface area contributed by atoms with Crippen LogP contribution < -0.4 is 10.5 Å². The molecule has 0 atom stereocenters. The largest absolute Gasteiger partial charge is 0.435 e. The molecule has 2 rings (SSSR count). The second kappa shape index (κ2) is 5.09. The van der Waals surface area contributed by atoms with Crippen LogP contribution >= 0.6 is 11.6 Å². The van der Waals surface area contributed by atoms with Crippen molar-refractivity contribution in [3.63, 3.8) is 0 Å². The summed E-state index contributed by atoms with van der Waals surface area (Å²) in [4.78, 5) is 11.3. The Labute approximate surface area is 106 Å². The number of ether oxygens (including phenoxy) is 1. The summed E-state index contributed by atoms with van der Waals surface area (Å²) < 4.78 is 28.4. The zero-order chi connectivity index (χ0) is 13.1. The Morgan fingerprint density at radius 2 is 2.00 bits per heavy atom. The Morgan fingerprint density at radius 1 is 1.22 bits per heavy atom. The number of nitrogens with zero attached hydrogens (tertiary/aromatic N) is 3. The van der Waals surface area contributed by atoms with Crippen LogP contribution in [0.4, 0.5) is 14.7 Å². The van der Waals surface area contributed by atoms with Crippen LogP contribution in [0.5, 0.6) is 5.75 Å². The van der Waals surface area contributed by atoms with E-state index in [2.05, 4.69) is 19.7 Å². The number of nitrogens with two attached hydrogens (primary N) is 1. The lowest BCUT2D eigenvalue weighted by Gasteiger charge is -2.06. The number of rotatable bonds is 3. The molecule has 1 aromatic carbocycles. The monoisotopic (exact) mass is 272 g/mol. The molecule has 0 saturated carbocycles. The quantitative estimate of drug-likeness (QED) is 0.928. The van der Waals surface area contributed by atoms with Gasteiger partial charge >= 0.3 is 6.61 Å². The predicted octanol–water partition coefficient (Wildman–Crippen LogP) is 2.38. The van der Waals surface area contributed by atoms with Gasteiger partial charge in [0.1, 0.15) is 5.75 Å². The summed E-state index contributed by atoms with van der Waals surface area (Å²) in [5.41, 5.74) is 5.87. The van der Waals surface area contributed by atoms with Crippen LogP contribution in [0.3, 0.4) is 0 Å². The fraction of sp³-hybridized carbons (Fsp3) is 0.100. The van der Waals surface area contributed by atoms with E-state index in [1.807, 2.05) is 0 Å². The molecule has 2 N–H and O–H groups in total. The molecule has 1 aromatic heterocycles. The number of aromatic nitrogens is 3. The van der Waals surface area contributed by atoms with Gasteiger partial charge in [0.15, 0.2) is 5.82 Å². The van der Waals surface area contributed by atoms with E-state index in [9.17, 15) is 8.78 Å². The summed E-state index contributed by atoms with van der Waals surface area (Å²) in [6.45, 7) is -2.90. The number of anilines is 1. The minimum absolute atomic E-state index is 0.00222. The third kappa shape index (κ3) is 3.01. The van der Waals surface area contributed by atoms with E-state index in [1.165, 1.54) is 18.2 Å². The second-order valence-corrected chi connectivity index (χ2v) is 3.53. The summed E-state index contributed by atoms with van der Waals surface area (Å²) in [7, 11) is 0. The van der Waals surface area contributed by atoms with E-state index in [0.29, 0.717) is 5.56 Å². The molecule has 0 unspecified atom stereocenters. The van der Waals surface area contributed by atoms with Gasteiger partial charge in [-0.15, -0.1) is 0 Å². The van der Waals surface area contributed by atoms with E-state index in [0.717, 1.165) is 0 Å².